The van der Waals surface area contributed by atoms with Crippen molar-refractivity contribution < 1.29 is 9.59 Å². The molecule has 1 saturated carbocycles. The summed E-state index contributed by atoms with van der Waals surface area (Å²) in [6.45, 7) is 8.02. The SMILES string of the molecule is CC(=O)NC1CCCC1.CCCC(CCC)c1c[nH]c2ccc(NC=O)cc12.Cc1cccc(C#N)c1. The van der Waals surface area contributed by atoms with Crippen molar-refractivity contribution in [3.63, 3.8) is 0 Å². The second-order valence-electron chi connectivity index (χ2n) is 9.70. The number of aromatic nitrogens is 1. The lowest BCUT2D eigenvalue weighted by Crippen LogP contribution is -2.30. The lowest BCUT2D eigenvalue weighted by atomic mass is 9.90. The van der Waals surface area contributed by atoms with Gasteiger partial charge in [0.25, 0.3) is 0 Å². The van der Waals surface area contributed by atoms with Crippen molar-refractivity contribution in [2.45, 2.75) is 91.0 Å². The largest absolute Gasteiger partial charge is 0.361 e. The van der Waals surface area contributed by atoms with E-state index in [4.69, 9.17) is 5.26 Å². The standard InChI is InChI=1S/C16H22N2O.C8H7N.C7H13NO/c1-3-5-12(6-4-2)15-10-17-16-8-7-13(18-11-19)9-14(15)16;1-7-3-2-4-8(5-7)6-9;1-6(9)8-7-4-2-3-5-7/h7-12,17H,3-6H2,1-2H3,(H,18,19);2-5H,1H3;7H,2-5H2,1H3,(H,8,9). The van der Waals surface area contributed by atoms with Crippen molar-refractivity contribution >= 4 is 28.9 Å². The first-order chi connectivity index (χ1) is 17.9. The third-order valence-electron chi connectivity index (χ3n) is 6.56. The van der Waals surface area contributed by atoms with Gasteiger partial charge in [0.05, 0.1) is 11.6 Å². The van der Waals surface area contributed by atoms with Crippen LogP contribution in [0.2, 0.25) is 0 Å². The highest BCUT2D eigenvalue weighted by Crippen LogP contribution is 2.33. The number of hydrogen-bond acceptors (Lipinski definition) is 3. The zero-order valence-electron chi connectivity index (χ0n) is 22.8. The average Bonchev–Trinajstić information content (AvgIpc) is 3.54. The van der Waals surface area contributed by atoms with Crippen LogP contribution in [-0.2, 0) is 9.59 Å². The Morgan fingerprint density at radius 1 is 1.14 bits per heavy atom. The van der Waals surface area contributed by atoms with Crippen LogP contribution in [0.3, 0.4) is 0 Å². The molecular formula is C31H42N4O2. The quantitative estimate of drug-likeness (QED) is 0.281. The van der Waals surface area contributed by atoms with E-state index in [0.29, 0.717) is 12.0 Å². The topological polar surface area (TPSA) is 97.8 Å². The molecule has 6 heteroatoms. The van der Waals surface area contributed by atoms with Crippen LogP contribution in [0.25, 0.3) is 10.9 Å². The first kappa shape index (κ1) is 29.6. The molecule has 6 nitrogen and oxygen atoms in total. The highest BCUT2D eigenvalue weighted by molar-refractivity contribution is 5.89. The molecule has 0 atom stereocenters. The maximum Gasteiger partial charge on any atom is 0.217 e. The molecule has 37 heavy (non-hydrogen) atoms. The first-order valence-electron chi connectivity index (χ1n) is 13.5. The Bertz CT molecular complexity index is 1150. The molecule has 1 aliphatic rings. The van der Waals surface area contributed by atoms with E-state index >= 15 is 0 Å². The minimum atomic E-state index is 0.113. The fourth-order valence-electron chi connectivity index (χ4n) is 4.86. The van der Waals surface area contributed by atoms with E-state index in [9.17, 15) is 9.59 Å². The molecule has 4 rings (SSSR count). The van der Waals surface area contributed by atoms with E-state index in [1.165, 1.54) is 62.3 Å². The molecule has 0 aliphatic heterocycles. The number of amides is 2. The molecular weight excluding hydrogens is 460 g/mol. The molecule has 1 aliphatic carbocycles. The number of hydrogen-bond donors (Lipinski definition) is 3. The Morgan fingerprint density at radius 2 is 1.84 bits per heavy atom. The van der Waals surface area contributed by atoms with Gasteiger partial charge >= 0.3 is 0 Å². The smallest absolute Gasteiger partial charge is 0.217 e. The van der Waals surface area contributed by atoms with Gasteiger partial charge in [-0.1, -0.05) is 51.7 Å². The van der Waals surface area contributed by atoms with Gasteiger partial charge < -0.3 is 15.6 Å². The summed E-state index contributed by atoms with van der Waals surface area (Å²) in [5.41, 5.74) is 5.25. The van der Waals surface area contributed by atoms with Crippen LogP contribution in [0.15, 0.2) is 48.7 Å². The monoisotopic (exact) mass is 502 g/mol. The number of carbonyl (C=O) groups is 2. The number of anilines is 1. The van der Waals surface area contributed by atoms with Gasteiger partial charge in [-0.3, -0.25) is 9.59 Å². The highest BCUT2D eigenvalue weighted by Gasteiger charge is 2.15. The van der Waals surface area contributed by atoms with E-state index in [2.05, 4.69) is 47.8 Å². The summed E-state index contributed by atoms with van der Waals surface area (Å²) in [6.07, 6.45) is 12.6. The average molecular weight is 503 g/mol. The van der Waals surface area contributed by atoms with Crippen LogP contribution in [0.1, 0.15) is 94.7 Å². The molecule has 0 saturated heterocycles. The van der Waals surface area contributed by atoms with E-state index in [1.807, 2.05) is 37.3 Å². The van der Waals surface area contributed by atoms with E-state index in [0.717, 1.165) is 28.7 Å². The van der Waals surface area contributed by atoms with Crippen LogP contribution < -0.4 is 10.6 Å². The number of nitrogens with zero attached hydrogens (tertiary/aromatic N) is 1. The van der Waals surface area contributed by atoms with Crippen molar-refractivity contribution in [1.29, 1.82) is 5.26 Å². The molecule has 2 amide bonds. The Kier molecular flexibility index (Phi) is 13.0. The van der Waals surface area contributed by atoms with Crippen LogP contribution in [-0.4, -0.2) is 23.3 Å². The summed E-state index contributed by atoms with van der Waals surface area (Å²) in [4.78, 5) is 24.4. The van der Waals surface area contributed by atoms with Crippen LogP contribution in [0.4, 0.5) is 5.69 Å². The minimum absolute atomic E-state index is 0.113. The molecule has 1 heterocycles. The number of benzene rings is 2. The summed E-state index contributed by atoms with van der Waals surface area (Å²) in [6, 6.07) is 16.1. The second kappa shape index (κ2) is 16.2. The van der Waals surface area contributed by atoms with E-state index in [1.54, 1.807) is 13.0 Å². The normalized spacial score (nSPS) is 12.6. The summed E-state index contributed by atoms with van der Waals surface area (Å²) in [5, 5.41) is 15.3. The van der Waals surface area contributed by atoms with Crippen LogP contribution >= 0.6 is 0 Å². The van der Waals surface area contributed by atoms with Crippen LogP contribution in [0.5, 0.6) is 0 Å². The number of nitriles is 1. The number of aromatic amines is 1. The summed E-state index contributed by atoms with van der Waals surface area (Å²) in [7, 11) is 0. The number of fused-ring (bicyclic) bond motifs is 1. The van der Waals surface area contributed by atoms with Gasteiger partial charge in [-0.15, -0.1) is 0 Å². The molecule has 0 radical (unpaired) electrons. The number of rotatable bonds is 8. The molecule has 1 fully saturated rings. The molecule has 3 N–H and O–H groups in total. The second-order valence-corrected chi connectivity index (χ2v) is 9.70. The molecule has 2 aromatic carbocycles. The van der Waals surface area contributed by atoms with Gasteiger partial charge in [-0.05, 0) is 80.0 Å². The molecule has 1 aromatic heterocycles. The fourth-order valence-corrected chi connectivity index (χ4v) is 4.86. The Labute approximate surface area is 221 Å². The first-order valence-corrected chi connectivity index (χ1v) is 13.5. The summed E-state index contributed by atoms with van der Waals surface area (Å²) >= 11 is 0. The molecule has 0 spiro atoms. The Hall–Kier alpha value is -3.59. The number of H-pyrrole nitrogens is 1. The Balaban J connectivity index is 0.000000222. The van der Waals surface area contributed by atoms with Crippen molar-refractivity contribution in [2.24, 2.45) is 0 Å². The molecule has 198 valence electrons. The van der Waals surface area contributed by atoms with Crippen molar-refractivity contribution in [1.82, 2.24) is 10.3 Å². The zero-order valence-corrected chi connectivity index (χ0v) is 22.8. The number of nitrogens with one attached hydrogen (secondary N) is 3. The maximum absolute atomic E-state index is 10.6. The van der Waals surface area contributed by atoms with Crippen LogP contribution in [0, 0.1) is 18.3 Å². The zero-order chi connectivity index (χ0) is 27.0. The van der Waals surface area contributed by atoms with E-state index in [-0.39, 0.29) is 5.91 Å². The van der Waals surface area contributed by atoms with Gasteiger partial charge in [-0.25, -0.2) is 0 Å². The summed E-state index contributed by atoms with van der Waals surface area (Å²) < 4.78 is 0. The Morgan fingerprint density at radius 3 is 2.38 bits per heavy atom. The third kappa shape index (κ3) is 10.1. The van der Waals surface area contributed by atoms with Gasteiger partial charge in [0, 0.05) is 35.8 Å². The van der Waals surface area contributed by atoms with Gasteiger partial charge in [0.15, 0.2) is 0 Å². The molecule has 0 bridgehead atoms. The predicted octanol–water partition coefficient (Wildman–Crippen LogP) is 7.35. The van der Waals surface area contributed by atoms with E-state index < -0.39 is 0 Å². The van der Waals surface area contributed by atoms with Crippen molar-refractivity contribution in [2.75, 3.05) is 5.32 Å². The van der Waals surface area contributed by atoms with Gasteiger partial charge in [0.2, 0.25) is 12.3 Å². The van der Waals surface area contributed by atoms with Gasteiger partial charge in [0.1, 0.15) is 0 Å². The lowest BCUT2D eigenvalue weighted by Gasteiger charge is -2.14. The van der Waals surface area contributed by atoms with Gasteiger partial charge in [-0.2, -0.15) is 5.26 Å². The van der Waals surface area contributed by atoms with Crippen molar-refractivity contribution in [3.05, 3.63) is 65.4 Å². The fraction of sp³-hybridized carbons (Fsp3) is 0.452. The van der Waals surface area contributed by atoms with Crippen molar-refractivity contribution in [3.8, 4) is 6.07 Å². The number of aryl methyl sites for hydroxylation is 1. The highest BCUT2D eigenvalue weighted by atomic mass is 16.1. The molecule has 0 unspecified atom stereocenters. The molecule has 3 aromatic rings. The third-order valence-corrected chi connectivity index (χ3v) is 6.56. The number of carbonyl (C=O) groups excluding carboxylic acids is 2. The minimum Gasteiger partial charge on any atom is -0.361 e. The predicted molar refractivity (Wildman–Crippen MR) is 153 cm³/mol. The maximum atomic E-state index is 10.6. The lowest BCUT2D eigenvalue weighted by molar-refractivity contribution is -0.119. The summed E-state index contributed by atoms with van der Waals surface area (Å²) in [5.74, 6) is 0.720.